The summed E-state index contributed by atoms with van der Waals surface area (Å²) in [4.78, 5) is 10.5. The number of hydrogen-bond donors (Lipinski definition) is 1. The van der Waals surface area contributed by atoms with Gasteiger partial charge in [0.05, 0.1) is 4.47 Å². The van der Waals surface area contributed by atoms with Crippen molar-refractivity contribution in [2.45, 2.75) is 6.42 Å². The molecule has 0 spiro atoms. The summed E-state index contributed by atoms with van der Waals surface area (Å²) in [6.07, 6.45) is 2.36. The zero-order valence-electron chi connectivity index (χ0n) is 8.37. The maximum Gasteiger partial charge on any atom is 0.341 e. The van der Waals surface area contributed by atoms with E-state index in [0.717, 1.165) is 14.5 Å². The zero-order valence-corrected chi connectivity index (χ0v) is 11.5. The molecular weight excluding hydrogens is 340 g/mol. The number of carboxylic acids is 1. The molecule has 0 amide bonds. The maximum absolute atomic E-state index is 10.5. The fraction of sp³-hybridized carbons (Fsp3) is 0.182. The van der Waals surface area contributed by atoms with E-state index >= 15 is 0 Å². The van der Waals surface area contributed by atoms with E-state index in [1.54, 1.807) is 6.08 Å². The molecule has 1 N–H and O–H groups in total. The van der Waals surface area contributed by atoms with Gasteiger partial charge in [0, 0.05) is 10.0 Å². The molecule has 0 unspecified atom stereocenters. The Morgan fingerprint density at radius 2 is 2.19 bits per heavy atom. The Morgan fingerprint density at radius 1 is 1.50 bits per heavy atom. The number of hydrogen-bond acceptors (Lipinski definition) is 2. The average molecular weight is 350 g/mol. The number of aliphatic carboxylic acids is 1. The van der Waals surface area contributed by atoms with Crippen molar-refractivity contribution in [3.8, 4) is 5.75 Å². The van der Waals surface area contributed by atoms with Crippen LogP contribution in [-0.4, -0.2) is 17.7 Å². The van der Waals surface area contributed by atoms with Gasteiger partial charge in [-0.05, 0) is 34.5 Å². The zero-order chi connectivity index (χ0) is 12.1. The van der Waals surface area contributed by atoms with Crippen LogP contribution in [0.4, 0.5) is 0 Å². The Labute approximate surface area is 110 Å². The van der Waals surface area contributed by atoms with Crippen molar-refractivity contribution in [2.24, 2.45) is 0 Å². The SMILES string of the molecule is C=CCc1cc(Br)cc(Br)c1OCC(=O)O. The minimum Gasteiger partial charge on any atom is -0.480 e. The molecule has 86 valence electrons. The summed E-state index contributed by atoms with van der Waals surface area (Å²) in [7, 11) is 0. The molecular formula is C11H10Br2O3. The molecule has 3 nitrogen and oxygen atoms in total. The minimum absolute atomic E-state index is 0.357. The van der Waals surface area contributed by atoms with Crippen LogP contribution < -0.4 is 4.74 Å². The van der Waals surface area contributed by atoms with E-state index < -0.39 is 5.97 Å². The highest BCUT2D eigenvalue weighted by molar-refractivity contribution is 9.11. The molecule has 0 fully saturated rings. The first-order valence-electron chi connectivity index (χ1n) is 4.48. The highest BCUT2D eigenvalue weighted by Crippen LogP contribution is 2.33. The standard InChI is InChI=1S/C11H10Br2O3/c1-2-3-7-4-8(12)5-9(13)11(7)16-6-10(14)15/h2,4-5H,1,3,6H2,(H,14,15). The van der Waals surface area contributed by atoms with E-state index in [9.17, 15) is 4.79 Å². The van der Waals surface area contributed by atoms with Crippen LogP contribution in [0.25, 0.3) is 0 Å². The van der Waals surface area contributed by atoms with E-state index in [1.807, 2.05) is 12.1 Å². The predicted octanol–water partition coefficient (Wildman–Crippen LogP) is 3.40. The van der Waals surface area contributed by atoms with Crippen LogP contribution in [-0.2, 0) is 11.2 Å². The van der Waals surface area contributed by atoms with Crippen molar-refractivity contribution in [1.82, 2.24) is 0 Å². The van der Waals surface area contributed by atoms with Crippen LogP contribution in [0.3, 0.4) is 0 Å². The van der Waals surface area contributed by atoms with Crippen LogP contribution in [0.2, 0.25) is 0 Å². The van der Waals surface area contributed by atoms with Gasteiger partial charge >= 0.3 is 5.97 Å². The fourth-order valence-electron chi connectivity index (χ4n) is 1.22. The molecule has 0 aliphatic heterocycles. The van der Waals surface area contributed by atoms with Gasteiger partial charge < -0.3 is 9.84 Å². The molecule has 5 heteroatoms. The molecule has 0 bridgehead atoms. The van der Waals surface area contributed by atoms with Crippen molar-refractivity contribution < 1.29 is 14.6 Å². The molecule has 0 aliphatic rings. The highest BCUT2D eigenvalue weighted by atomic mass is 79.9. The van der Waals surface area contributed by atoms with Gasteiger partial charge in [-0.2, -0.15) is 0 Å². The third-order valence-corrected chi connectivity index (χ3v) is 2.84. The molecule has 0 saturated heterocycles. The van der Waals surface area contributed by atoms with E-state index in [4.69, 9.17) is 9.84 Å². The van der Waals surface area contributed by atoms with Crippen LogP contribution in [0, 0.1) is 0 Å². The summed E-state index contributed by atoms with van der Waals surface area (Å²) in [5.41, 5.74) is 0.887. The van der Waals surface area contributed by atoms with Crippen molar-refractivity contribution >= 4 is 37.8 Å². The predicted molar refractivity (Wildman–Crippen MR) is 68.9 cm³/mol. The average Bonchev–Trinajstić information content (AvgIpc) is 2.16. The lowest BCUT2D eigenvalue weighted by Gasteiger charge is -2.11. The van der Waals surface area contributed by atoms with Gasteiger partial charge in [0.2, 0.25) is 0 Å². The molecule has 0 aliphatic carbocycles. The van der Waals surface area contributed by atoms with Gasteiger partial charge in [0.15, 0.2) is 6.61 Å². The Kier molecular flexibility index (Phi) is 5.02. The summed E-state index contributed by atoms with van der Waals surface area (Å²) in [5, 5.41) is 8.57. The second-order valence-corrected chi connectivity index (χ2v) is 4.82. The Bertz CT molecular complexity index is 416. The van der Waals surface area contributed by atoms with Gasteiger partial charge in [-0.25, -0.2) is 4.79 Å². The first-order valence-corrected chi connectivity index (χ1v) is 6.06. The van der Waals surface area contributed by atoms with E-state index in [-0.39, 0.29) is 6.61 Å². The van der Waals surface area contributed by atoms with Crippen molar-refractivity contribution in [1.29, 1.82) is 0 Å². The Balaban J connectivity index is 3.03. The third kappa shape index (κ3) is 3.64. The van der Waals surface area contributed by atoms with Crippen molar-refractivity contribution in [2.75, 3.05) is 6.61 Å². The number of rotatable bonds is 5. The molecule has 0 saturated carbocycles. The quantitative estimate of drug-likeness (QED) is 0.828. The monoisotopic (exact) mass is 348 g/mol. The lowest BCUT2D eigenvalue weighted by atomic mass is 10.1. The second-order valence-electron chi connectivity index (χ2n) is 3.05. The third-order valence-electron chi connectivity index (χ3n) is 1.79. The van der Waals surface area contributed by atoms with Crippen LogP contribution >= 0.6 is 31.9 Å². The van der Waals surface area contributed by atoms with Gasteiger partial charge in [-0.3, -0.25) is 0 Å². The number of carboxylic acid groups (broad SMARTS) is 1. The van der Waals surface area contributed by atoms with Gasteiger partial charge in [0.25, 0.3) is 0 Å². The molecule has 0 atom stereocenters. The van der Waals surface area contributed by atoms with Gasteiger partial charge in [0.1, 0.15) is 5.75 Å². The largest absolute Gasteiger partial charge is 0.480 e. The molecule has 1 rings (SSSR count). The number of halogens is 2. The summed E-state index contributed by atoms with van der Waals surface area (Å²) in [6, 6.07) is 3.69. The number of allylic oxidation sites excluding steroid dienone is 1. The summed E-state index contributed by atoms with van der Waals surface area (Å²) < 4.78 is 6.85. The lowest BCUT2D eigenvalue weighted by molar-refractivity contribution is -0.139. The summed E-state index contributed by atoms with van der Waals surface area (Å²) in [5.74, 6) is -0.454. The maximum atomic E-state index is 10.5. The van der Waals surface area contributed by atoms with E-state index in [1.165, 1.54) is 0 Å². The van der Waals surface area contributed by atoms with Gasteiger partial charge in [-0.15, -0.1) is 6.58 Å². The summed E-state index contributed by atoms with van der Waals surface area (Å²) >= 11 is 6.70. The van der Waals surface area contributed by atoms with Crippen LogP contribution in [0.15, 0.2) is 33.7 Å². The Hall–Kier alpha value is -0.810. The van der Waals surface area contributed by atoms with Gasteiger partial charge in [-0.1, -0.05) is 22.0 Å². The van der Waals surface area contributed by atoms with Crippen LogP contribution in [0.1, 0.15) is 5.56 Å². The molecule has 16 heavy (non-hydrogen) atoms. The molecule has 1 aromatic carbocycles. The minimum atomic E-state index is -1.00. The number of carbonyl (C=O) groups is 1. The second kappa shape index (κ2) is 6.06. The summed E-state index contributed by atoms with van der Waals surface area (Å²) in [6.45, 7) is 3.29. The number of ether oxygens (including phenoxy) is 1. The Morgan fingerprint density at radius 3 is 2.75 bits per heavy atom. The number of benzene rings is 1. The fourth-order valence-corrected chi connectivity index (χ4v) is 2.64. The van der Waals surface area contributed by atoms with Crippen molar-refractivity contribution in [3.05, 3.63) is 39.3 Å². The van der Waals surface area contributed by atoms with E-state index in [0.29, 0.717) is 12.2 Å². The normalized spacial score (nSPS) is 9.88. The molecule has 0 aromatic heterocycles. The molecule has 1 aromatic rings. The van der Waals surface area contributed by atoms with Crippen LogP contribution in [0.5, 0.6) is 5.75 Å². The van der Waals surface area contributed by atoms with E-state index in [2.05, 4.69) is 38.4 Å². The lowest BCUT2D eigenvalue weighted by Crippen LogP contribution is -2.11. The first kappa shape index (κ1) is 13.3. The smallest absolute Gasteiger partial charge is 0.341 e. The topological polar surface area (TPSA) is 46.5 Å². The first-order chi connectivity index (χ1) is 7.54. The van der Waals surface area contributed by atoms with Crippen molar-refractivity contribution in [3.63, 3.8) is 0 Å². The molecule has 0 radical (unpaired) electrons. The highest BCUT2D eigenvalue weighted by Gasteiger charge is 2.10. The molecule has 0 heterocycles.